The van der Waals surface area contributed by atoms with Crippen LogP contribution in [0.3, 0.4) is 0 Å². The molecule has 4 aromatic carbocycles. The molecular formula is C38H36F3NO4S2. The summed E-state index contributed by atoms with van der Waals surface area (Å²) < 4.78 is 93.5. The number of H-pyrrole nitrogens is 1. The van der Waals surface area contributed by atoms with Crippen molar-refractivity contribution in [3.63, 3.8) is 0 Å². The van der Waals surface area contributed by atoms with Crippen molar-refractivity contribution in [1.29, 1.82) is 0 Å². The van der Waals surface area contributed by atoms with Crippen LogP contribution in [0, 0.1) is 12.8 Å². The number of alkyl halides is 3. The minimum absolute atomic E-state index is 0.157. The lowest BCUT2D eigenvalue weighted by atomic mass is 9.61. The molecule has 5 nitrogen and oxygen atoms in total. The standard InChI is InChI=1S/C34H31F3O4S2.C4H5N/c1-21-17-23(13-16-31(21)42(3,38)39)25-18-24-12-14-29-28-10-5-4-7-22(28)11-15-30(29)32(24)33(2,20-25)43(40,41)27-9-6-8-26(19-27)34(35,36)37;1-2-4-5-3-1/h4-17,19,24-25,32H,18,20H2,1-3H3;1-5H. The summed E-state index contributed by atoms with van der Waals surface area (Å²) in [5.41, 5.74) is 2.16. The van der Waals surface area contributed by atoms with E-state index in [0.717, 1.165) is 51.9 Å². The number of allylic oxidation sites excluding steroid dienone is 1. The van der Waals surface area contributed by atoms with Crippen LogP contribution in [0.15, 0.2) is 119 Å². The van der Waals surface area contributed by atoms with E-state index in [4.69, 9.17) is 0 Å². The topological polar surface area (TPSA) is 84.1 Å². The van der Waals surface area contributed by atoms with Gasteiger partial charge in [-0.3, -0.25) is 0 Å². The third-order valence-electron chi connectivity index (χ3n) is 9.80. The summed E-state index contributed by atoms with van der Waals surface area (Å²) in [7, 11) is -7.77. The van der Waals surface area contributed by atoms with E-state index in [1.165, 1.54) is 6.07 Å². The Labute approximate surface area is 279 Å². The normalized spacial score (nSPS) is 22.3. The average molecular weight is 692 g/mol. The maximum atomic E-state index is 14.7. The quantitative estimate of drug-likeness (QED) is 0.204. The Balaban J connectivity index is 0.000000736. The molecule has 1 saturated carbocycles. The van der Waals surface area contributed by atoms with Gasteiger partial charge in [-0.15, -0.1) is 0 Å². The first-order chi connectivity index (χ1) is 22.6. The molecule has 0 radical (unpaired) electrons. The first kappa shape index (κ1) is 33.7. The van der Waals surface area contributed by atoms with Crippen molar-refractivity contribution in [2.45, 2.75) is 59.2 Å². The van der Waals surface area contributed by atoms with Gasteiger partial charge in [0.25, 0.3) is 0 Å². The highest BCUT2D eigenvalue weighted by Crippen LogP contribution is 2.58. The van der Waals surface area contributed by atoms with Crippen molar-refractivity contribution in [2.24, 2.45) is 5.92 Å². The zero-order valence-corrected chi connectivity index (χ0v) is 28.3. The van der Waals surface area contributed by atoms with Crippen molar-refractivity contribution in [1.82, 2.24) is 4.98 Å². The first-order valence-electron chi connectivity index (χ1n) is 15.6. The van der Waals surface area contributed by atoms with Crippen LogP contribution in [0.4, 0.5) is 13.2 Å². The smallest absolute Gasteiger partial charge is 0.368 e. The molecule has 0 aliphatic heterocycles. The predicted molar refractivity (Wildman–Crippen MR) is 183 cm³/mol. The van der Waals surface area contributed by atoms with Gasteiger partial charge in [0, 0.05) is 24.6 Å². The van der Waals surface area contributed by atoms with Gasteiger partial charge in [-0.2, -0.15) is 13.2 Å². The van der Waals surface area contributed by atoms with Gasteiger partial charge in [-0.25, -0.2) is 16.8 Å². The molecule has 7 rings (SSSR count). The Morgan fingerprint density at radius 1 is 0.854 bits per heavy atom. The second-order valence-electron chi connectivity index (χ2n) is 13.0. The number of benzene rings is 4. The number of aromatic nitrogens is 1. The van der Waals surface area contributed by atoms with E-state index >= 15 is 0 Å². The average Bonchev–Trinajstić information content (AvgIpc) is 3.64. The fraction of sp³-hybridized carbons (Fsp3) is 0.263. The van der Waals surface area contributed by atoms with Crippen LogP contribution >= 0.6 is 0 Å². The predicted octanol–water partition coefficient (Wildman–Crippen LogP) is 9.12. The van der Waals surface area contributed by atoms with E-state index in [1.807, 2.05) is 73.1 Å². The number of aromatic amines is 1. The molecule has 2 aliphatic rings. The van der Waals surface area contributed by atoms with Crippen molar-refractivity contribution in [3.8, 4) is 0 Å². The second kappa shape index (κ2) is 12.4. The number of rotatable bonds is 4. The summed E-state index contributed by atoms with van der Waals surface area (Å²) in [5.74, 6) is -0.997. The zero-order valence-electron chi connectivity index (χ0n) is 26.7. The van der Waals surface area contributed by atoms with E-state index in [9.17, 15) is 30.0 Å². The molecule has 250 valence electrons. The number of halogens is 3. The summed E-state index contributed by atoms with van der Waals surface area (Å²) in [6.07, 6.45) is 5.05. The van der Waals surface area contributed by atoms with Crippen LogP contribution in [0.2, 0.25) is 0 Å². The fourth-order valence-corrected chi connectivity index (χ4v) is 10.7. The summed E-state index contributed by atoms with van der Waals surface area (Å²) in [5, 5.41) is 2.00. The van der Waals surface area contributed by atoms with Gasteiger partial charge in [-0.1, -0.05) is 66.7 Å². The molecule has 5 aromatic rings. The molecule has 4 atom stereocenters. The third-order valence-corrected chi connectivity index (χ3v) is 13.6. The van der Waals surface area contributed by atoms with Crippen LogP contribution < -0.4 is 0 Å². The van der Waals surface area contributed by atoms with Gasteiger partial charge in [0.05, 0.1) is 20.1 Å². The minimum Gasteiger partial charge on any atom is -0.368 e. The molecule has 48 heavy (non-hydrogen) atoms. The van der Waals surface area contributed by atoms with Gasteiger partial charge in [0.15, 0.2) is 19.7 Å². The van der Waals surface area contributed by atoms with E-state index in [2.05, 4.69) is 4.98 Å². The molecule has 0 bridgehead atoms. The fourth-order valence-electron chi connectivity index (χ4n) is 7.62. The van der Waals surface area contributed by atoms with Gasteiger partial charge in [0.2, 0.25) is 0 Å². The van der Waals surface area contributed by atoms with Crippen molar-refractivity contribution < 1.29 is 30.0 Å². The first-order valence-corrected chi connectivity index (χ1v) is 19.0. The number of aryl methyl sites for hydroxylation is 1. The van der Waals surface area contributed by atoms with Crippen LogP contribution in [-0.4, -0.2) is 32.8 Å². The van der Waals surface area contributed by atoms with Gasteiger partial charge >= 0.3 is 6.18 Å². The number of hydrogen-bond donors (Lipinski definition) is 1. The molecule has 0 amide bonds. The second-order valence-corrected chi connectivity index (χ2v) is 17.3. The lowest BCUT2D eigenvalue weighted by Gasteiger charge is -2.50. The van der Waals surface area contributed by atoms with E-state index in [1.54, 1.807) is 32.0 Å². The third kappa shape index (κ3) is 6.12. The van der Waals surface area contributed by atoms with Gasteiger partial charge in [-0.05, 0) is 108 Å². The highest BCUT2D eigenvalue weighted by Gasteiger charge is 2.55. The Morgan fingerprint density at radius 3 is 2.23 bits per heavy atom. The van der Waals surface area contributed by atoms with Gasteiger partial charge < -0.3 is 4.98 Å². The molecule has 1 N–H and O–H groups in total. The highest BCUT2D eigenvalue weighted by atomic mass is 32.2. The number of sulfone groups is 2. The molecule has 10 heteroatoms. The van der Waals surface area contributed by atoms with Crippen molar-refractivity contribution in [3.05, 3.63) is 137 Å². The van der Waals surface area contributed by atoms with Crippen molar-refractivity contribution >= 4 is 36.5 Å². The minimum atomic E-state index is -4.69. The van der Waals surface area contributed by atoms with Crippen LogP contribution in [0.1, 0.15) is 59.4 Å². The molecule has 1 heterocycles. The number of hydrogen-bond acceptors (Lipinski definition) is 4. The van der Waals surface area contributed by atoms with Gasteiger partial charge in [0.1, 0.15) is 0 Å². The lowest BCUT2D eigenvalue weighted by molar-refractivity contribution is -0.137. The number of fused-ring (bicyclic) bond motifs is 5. The summed E-state index contributed by atoms with van der Waals surface area (Å²) >= 11 is 0. The maximum Gasteiger partial charge on any atom is 0.416 e. The molecule has 4 unspecified atom stereocenters. The van der Waals surface area contributed by atoms with Crippen LogP contribution in [0.25, 0.3) is 16.8 Å². The molecule has 2 aliphatic carbocycles. The van der Waals surface area contributed by atoms with Crippen LogP contribution in [-0.2, 0) is 25.9 Å². The van der Waals surface area contributed by atoms with Crippen molar-refractivity contribution in [2.75, 3.05) is 6.26 Å². The Morgan fingerprint density at radius 2 is 1.58 bits per heavy atom. The monoisotopic (exact) mass is 691 g/mol. The summed E-state index contributed by atoms with van der Waals surface area (Å²) in [4.78, 5) is 2.72. The Bertz CT molecular complexity index is 2210. The maximum absolute atomic E-state index is 14.7. The Hall–Kier alpha value is -4.15. The lowest BCUT2D eigenvalue weighted by Crippen LogP contribution is -2.49. The van der Waals surface area contributed by atoms with E-state index in [-0.39, 0.29) is 28.0 Å². The molecular weight excluding hydrogens is 656 g/mol. The molecule has 1 aromatic heterocycles. The SMILES string of the molecule is Cc1cc(C2CC3C=Cc4c(ccc5ccccc45)C3C(C)(S(=O)(=O)c3cccc(C(F)(F)F)c3)C2)ccc1S(C)(=O)=O.c1cc[nH]c1. The van der Waals surface area contributed by atoms with E-state index < -0.39 is 42.1 Å². The largest absolute Gasteiger partial charge is 0.416 e. The zero-order chi connectivity index (χ0) is 34.5. The summed E-state index contributed by atoms with van der Waals surface area (Å²) in [6.45, 7) is 3.38. The molecule has 0 spiro atoms. The number of nitrogens with one attached hydrogen (secondary N) is 1. The summed E-state index contributed by atoms with van der Waals surface area (Å²) in [6, 6.07) is 24.8. The highest BCUT2D eigenvalue weighted by molar-refractivity contribution is 7.93. The molecule has 1 fully saturated rings. The Kier molecular flexibility index (Phi) is 8.70. The van der Waals surface area contributed by atoms with E-state index in [0.29, 0.717) is 12.0 Å². The van der Waals surface area contributed by atoms with Crippen LogP contribution in [0.5, 0.6) is 0 Å². The molecule has 0 saturated heterocycles.